The molecule has 5 heteroatoms. The van der Waals surface area contributed by atoms with Gasteiger partial charge in [0.25, 0.3) is 0 Å². The van der Waals surface area contributed by atoms with Gasteiger partial charge < -0.3 is 20.1 Å². The van der Waals surface area contributed by atoms with E-state index < -0.39 is 6.04 Å². The fraction of sp³-hybridized carbons (Fsp3) is 0.500. The molecule has 2 rings (SSSR count). The monoisotopic (exact) mass is 264 g/mol. The minimum atomic E-state index is -0.443. The number of likely N-dealkylation sites (N-methyl/N-ethyl adjacent to an activating group) is 1. The molecule has 1 aromatic carbocycles. The Hall–Kier alpha value is -1.75. The third kappa shape index (κ3) is 3.17. The standard InChI is InChI=1S/C14H20N2O3/c1-3-11(15)14(17)16(2)8-10-9-18-12-6-4-5-7-13(12)19-10/h4-7,10-11H,3,8-9,15H2,1-2H3/t10?,11-/m0/s1. The molecule has 0 fully saturated rings. The summed E-state index contributed by atoms with van der Waals surface area (Å²) >= 11 is 0. The van der Waals surface area contributed by atoms with Crippen molar-refractivity contribution >= 4 is 5.91 Å². The lowest BCUT2D eigenvalue weighted by Gasteiger charge is -2.30. The van der Waals surface area contributed by atoms with Gasteiger partial charge >= 0.3 is 0 Å². The number of carbonyl (C=O) groups is 1. The number of benzene rings is 1. The predicted molar refractivity (Wildman–Crippen MR) is 72.3 cm³/mol. The molecule has 0 radical (unpaired) electrons. The highest BCUT2D eigenvalue weighted by molar-refractivity contribution is 5.81. The molecule has 1 amide bonds. The highest BCUT2D eigenvalue weighted by Crippen LogP contribution is 2.30. The summed E-state index contributed by atoms with van der Waals surface area (Å²) in [5.74, 6) is 1.40. The molecular formula is C14H20N2O3. The fourth-order valence-electron chi connectivity index (χ4n) is 2.01. The van der Waals surface area contributed by atoms with Crippen molar-refractivity contribution in [2.45, 2.75) is 25.5 Å². The number of ether oxygens (including phenoxy) is 2. The number of nitrogens with two attached hydrogens (primary N) is 1. The summed E-state index contributed by atoms with van der Waals surface area (Å²) in [7, 11) is 1.74. The molecule has 0 saturated carbocycles. The van der Waals surface area contributed by atoms with Gasteiger partial charge in [-0.2, -0.15) is 0 Å². The van der Waals surface area contributed by atoms with E-state index in [4.69, 9.17) is 15.2 Å². The van der Waals surface area contributed by atoms with Crippen LogP contribution < -0.4 is 15.2 Å². The average Bonchev–Trinajstić information content (AvgIpc) is 2.45. The largest absolute Gasteiger partial charge is 0.486 e. The Morgan fingerprint density at radius 2 is 2.16 bits per heavy atom. The lowest BCUT2D eigenvalue weighted by molar-refractivity contribution is -0.132. The Bertz CT molecular complexity index is 450. The normalized spacial score (nSPS) is 18.8. The molecule has 2 N–H and O–H groups in total. The van der Waals surface area contributed by atoms with Crippen molar-refractivity contribution in [2.75, 3.05) is 20.2 Å². The van der Waals surface area contributed by atoms with Crippen LogP contribution in [0.25, 0.3) is 0 Å². The molecule has 0 saturated heterocycles. The zero-order valence-electron chi connectivity index (χ0n) is 11.3. The summed E-state index contributed by atoms with van der Waals surface area (Å²) in [5, 5.41) is 0. The van der Waals surface area contributed by atoms with Gasteiger partial charge in [-0.15, -0.1) is 0 Å². The summed E-state index contributed by atoms with van der Waals surface area (Å²) in [6.45, 7) is 2.81. The Labute approximate surface area is 113 Å². The van der Waals surface area contributed by atoms with E-state index in [0.717, 1.165) is 11.5 Å². The van der Waals surface area contributed by atoms with Gasteiger partial charge in [-0.1, -0.05) is 19.1 Å². The van der Waals surface area contributed by atoms with Crippen molar-refractivity contribution in [3.63, 3.8) is 0 Å². The first kappa shape index (κ1) is 13.7. The van der Waals surface area contributed by atoms with Crippen LogP contribution in [0.15, 0.2) is 24.3 Å². The Morgan fingerprint density at radius 3 is 2.84 bits per heavy atom. The Balaban J connectivity index is 1.93. The van der Waals surface area contributed by atoms with Gasteiger partial charge in [-0.05, 0) is 18.6 Å². The average molecular weight is 264 g/mol. The molecule has 1 unspecified atom stereocenters. The molecule has 19 heavy (non-hydrogen) atoms. The van der Waals surface area contributed by atoms with Gasteiger partial charge in [0.05, 0.1) is 12.6 Å². The number of nitrogens with zero attached hydrogens (tertiary/aromatic N) is 1. The zero-order chi connectivity index (χ0) is 13.8. The molecule has 2 atom stereocenters. The third-order valence-corrected chi connectivity index (χ3v) is 3.18. The predicted octanol–water partition coefficient (Wildman–Crippen LogP) is 1.02. The number of para-hydroxylation sites is 2. The molecule has 1 aliphatic rings. The smallest absolute Gasteiger partial charge is 0.239 e. The zero-order valence-corrected chi connectivity index (χ0v) is 11.3. The maximum Gasteiger partial charge on any atom is 0.239 e. The fourth-order valence-corrected chi connectivity index (χ4v) is 2.01. The van der Waals surface area contributed by atoms with Crippen molar-refractivity contribution in [3.8, 4) is 11.5 Å². The summed E-state index contributed by atoms with van der Waals surface area (Å²) in [6.07, 6.45) is 0.474. The van der Waals surface area contributed by atoms with Crippen LogP contribution in [0, 0.1) is 0 Å². The van der Waals surface area contributed by atoms with Crippen LogP contribution >= 0.6 is 0 Å². The first-order valence-electron chi connectivity index (χ1n) is 6.51. The number of carbonyl (C=O) groups excluding carboxylic acids is 1. The van der Waals surface area contributed by atoms with Crippen LogP contribution in [-0.4, -0.2) is 43.2 Å². The van der Waals surface area contributed by atoms with Gasteiger partial charge in [0.1, 0.15) is 6.61 Å². The van der Waals surface area contributed by atoms with E-state index in [2.05, 4.69) is 0 Å². The number of rotatable bonds is 4. The molecule has 0 spiro atoms. The van der Waals surface area contributed by atoms with E-state index in [1.807, 2.05) is 31.2 Å². The van der Waals surface area contributed by atoms with E-state index in [1.165, 1.54) is 0 Å². The van der Waals surface area contributed by atoms with Gasteiger partial charge in [0.2, 0.25) is 5.91 Å². The summed E-state index contributed by atoms with van der Waals surface area (Å²) in [4.78, 5) is 13.5. The van der Waals surface area contributed by atoms with E-state index in [9.17, 15) is 4.79 Å². The van der Waals surface area contributed by atoms with E-state index in [0.29, 0.717) is 19.6 Å². The lowest BCUT2D eigenvalue weighted by Crippen LogP contribution is -2.47. The minimum absolute atomic E-state index is 0.0649. The molecule has 1 aromatic rings. The molecule has 0 aromatic heterocycles. The van der Waals surface area contributed by atoms with Crippen molar-refractivity contribution in [1.29, 1.82) is 0 Å². The van der Waals surface area contributed by atoms with Crippen LogP contribution in [0.4, 0.5) is 0 Å². The van der Waals surface area contributed by atoms with Gasteiger partial charge in [0, 0.05) is 7.05 Å². The molecule has 0 bridgehead atoms. The van der Waals surface area contributed by atoms with Crippen LogP contribution in [0.5, 0.6) is 11.5 Å². The molecular weight excluding hydrogens is 244 g/mol. The second kappa shape index (κ2) is 5.93. The van der Waals surface area contributed by atoms with Crippen molar-refractivity contribution < 1.29 is 14.3 Å². The topological polar surface area (TPSA) is 64.8 Å². The number of fused-ring (bicyclic) bond motifs is 1. The highest BCUT2D eigenvalue weighted by Gasteiger charge is 2.25. The quantitative estimate of drug-likeness (QED) is 0.882. The summed E-state index contributed by atoms with van der Waals surface area (Å²) < 4.78 is 11.4. The van der Waals surface area contributed by atoms with Crippen molar-refractivity contribution in [3.05, 3.63) is 24.3 Å². The molecule has 5 nitrogen and oxygen atoms in total. The highest BCUT2D eigenvalue weighted by atomic mass is 16.6. The Kier molecular flexibility index (Phi) is 4.27. The van der Waals surface area contributed by atoms with Crippen LogP contribution in [0.1, 0.15) is 13.3 Å². The first-order chi connectivity index (χ1) is 9.11. The number of amides is 1. The van der Waals surface area contributed by atoms with E-state index >= 15 is 0 Å². The number of hydrogen-bond donors (Lipinski definition) is 1. The van der Waals surface area contributed by atoms with E-state index in [1.54, 1.807) is 11.9 Å². The number of hydrogen-bond acceptors (Lipinski definition) is 4. The molecule has 104 valence electrons. The van der Waals surface area contributed by atoms with Gasteiger partial charge in [-0.25, -0.2) is 0 Å². The maximum absolute atomic E-state index is 11.9. The molecule has 1 aliphatic heterocycles. The summed E-state index contributed by atoms with van der Waals surface area (Å²) in [6, 6.07) is 7.08. The molecule has 1 heterocycles. The van der Waals surface area contributed by atoms with Gasteiger partial charge in [-0.3, -0.25) is 4.79 Å². The van der Waals surface area contributed by atoms with E-state index in [-0.39, 0.29) is 12.0 Å². The van der Waals surface area contributed by atoms with Crippen LogP contribution in [0.2, 0.25) is 0 Å². The van der Waals surface area contributed by atoms with Crippen molar-refractivity contribution in [2.24, 2.45) is 5.73 Å². The third-order valence-electron chi connectivity index (χ3n) is 3.18. The first-order valence-corrected chi connectivity index (χ1v) is 6.51. The van der Waals surface area contributed by atoms with Crippen molar-refractivity contribution in [1.82, 2.24) is 4.90 Å². The second-order valence-electron chi connectivity index (χ2n) is 4.73. The maximum atomic E-state index is 11.9. The summed E-state index contributed by atoms with van der Waals surface area (Å²) in [5.41, 5.74) is 5.74. The molecule has 0 aliphatic carbocycles. The second-order valence-corrected chi connectivity index (χ2v) is 4.73. The lowest BCUT2D eigenvalue weighted by atomic mass is 10.2. The minimum Gasteiger partial charge on any atom is -0.486 e. The Morgan fingerprint density at radius 1 is 1.47 bits per heavy atom. The van der Waals surface area contributed by atoms with Crippen LogP contribution in [0.3, 0.4) is 0 Å². The van der Waals surface area contributed by atoms with Gasteiger partial charge in [0.15, 0.2) is 17.6 Å². The van der Waals surface area contributed by atoms with Crippen LogP contribution in [-0.2, 0) is 4.79 Å². The SMILES string of the molecule is CC[C@H](N)C(=O)N(C)CC1COc2ccccc2O1.